The summed E-state index contributed by atoms with van der Waals surface area (Å²) in [7, 11) is 1.72. The van der Waals surface area contributed by atoms with Crippen molar-refractivity contribution in [3.63, 3.8) is 0 Å². The van der Waals surface area contributed by atoms with Gasteiger partial charge in [-0.15, -0.1) is 0 Å². The SMILES string of the molecule is COc1ccc(Cl)cc1CN1CC2CCCNC2C1. The van der Waals surface area contributed by atoms with Gasteiger partial charge in [-0.25, -0.2) is 0 Å². The van der Waals surface area contributed by atoms with Crippen molar-refractivity contribution in [2.75, 3.05) is 26.7 Å². The van der Waals surface area contributed by atoms with E-state index in [9.17, 15) is 0 Å². The standard InChI is InChI=1S/C15H21ClN2O/c1-19-15-5-4-13(16)7-12(15)9-18-8-11-3-2-6-17-14(11)10-18/h4-5,7,11,14,17H,2-3,6,8-10H2,1H3. The van der Waals surface area contributed by atoms with Crippen LogP contribution in [0, 0.1) is 5.92 Å². The molecule has 2 aliphatic heterocycles. The number of nitrogens with one attached hydrogen (secondary N) is 1. The van der Waals surface area contributed by atoms with Crippen molar-refractivity contribution in [1.82, 2.24) is 10.2 Å². The predicted molar refractivity (Wildman–Crippen MR) is 77.8 cm³/mol. The Morgan fingerprint density at radius 1 is 1.42 bits per heavy atom. The molecule has 3 rings (SSSR count). The van der Waals surface area contributed by atoms with Gasteiger partial charge in [-0.05, 0) is 43.5 Å². The van der Waals surface area contributed by atoms with Crippen molar-refractivity contribution in [2.24, 2.45) is 5.92 Å². The van der Waals surface area contributed by atoms with Crippen LogP contribution in [0.2, 0.25) is 5.02 Å². The number of nitrogens with zero attached hydrogens (tertiary/aromatic N) is 1. The second kappa shape index (κ2) is 5.70. The van der Waals surface area contributed by atoms with Crippen LogP contribution in [-0.4, -0.2) is 37.7 Å². The molecule has 2 heterocycles. The normalized spacial score (nSPS) is 27.3. The van der Waals surface area contributed by atoms with Gasteiger partial charge in [0.2, 0.25) is 0 Å². The summed E-state index contributed by atoms with van der Waals surface area (Å²) in [5.41, 5.74) is 1.19. The molecule has 1 aromatic carbocycles. The Balaban J connectivity index is 1.70. The highest BCUT2D eigenvalue weighted by Crippen LogP contribution is 2.29. The Bertz CT molecular complexity index is 438. The summed E-state index contributed by atoms with van der Waals surface area (Å²) >= 11 is 6.09. The molecular weight excluding hydrogens is 260 g/mol. The van der Waals surface area contributed by atoms with Gasteiger partial charge in [0.25, 0.3) is 0 Å². The lowest BCUT2D eigenvalue weighted by atomic mass is 9.94. The average Bonchev–Trinajstić information content (AvgIpc) is 2.81. The lowest BCUT2D eigenvalue weighted by Gasteiger charge is -2.24. The molecule has 0 spiro atoms. The molecule has 2 unspecified atom stereocenters. The fraction of sp³-hybridized carbons (Fsp3) is 0.600. The van der Waals surface area contributed by atoms with Gasteiger partial charge in [-0.3, -0.25) is 4.90 Å². The fourth-order valence-corrected chi connectivity index (χ4v) is 3.57. The van der Waals surface area contributed by atoms with Crippen molar-refractivity contribution in [2.45, 2.75) is 25.4 Å². The number of piperidine rings is 1. The van der Waals surface area contributed by atoms with Gasteiger partial charge < -0.3 is 10.1 Å². The predicted octanol–water partition coefficient (Wildman–Crippen LogP) is 2.53. The minimum atomic E-state index is 0.680. The first-order chi connectivity index (χ1) is 9.26. The molecule has 0 bridgehead atoms. The number of rotatable bonds is 3. The van der Waals surface area contributed by atoms with Crippen LogP contribution < -0.4 is 10.1 Å². The van der Waals surface area contributed by atoms with Crippen molar-refractivity contribution >= 4 is 11.6 Å². The van der Waals surface area contributed by atoms with Crippen LogP contribution in [0.3, 0.4) is 0 Å². The molecule has 19 heavy (non-hydrogen) atoms. The van der Waals surface area contributed by atoms with Crippen LogP contribution in [0.4, 0.5) is 0 Å². The zero-order valence-corrected chi connectivity index (χ0v) is 12.1. The summed E-state index contributed by atoms with van der Waals surface area (Å²) in [5, 5.41) is 4.42. The first kappa shape index (κ1) is 13.2. The van der Waals surface area contributed by atoms with Crippen LogP contribution in [0.5, 0.6) is 5.75 Å². The smallest absolute Gasteiger partial charge is 0.123 e. The van der Waals surface area contributed by atoms with Gasteiger partial charge in [-0.1, -0.05) is 11.6 Å². The summed E-state index contributed by atoms with van der Waals surface area (Å²) in [6.07, 6.45) is 2.68. The molecule has 0 radical (unpaired) electrons. The average molecular weight is 281 g/mol. The first-order valence-corrected chi connectivity index (χ1v) is 7.42. The Morgan fingerprint density at radius 2 is 2.32 bits per heavy atom. The van der Waals surface area contributed by atoms with Gasteiger partial charge in [0.1, 0.15) is 5.75 Å². The Morgan fingerprint density at radius 3 is 3.11 bits per heavy atom. The summed E-state index contributed by atoms with van der Waals surface area (Å²) in [5.74, 6) is 1.76. The number of benzene rings is 1. The molecule has 2 fully saturated rings. The topological polar surface area (TPSA) is 24.5 Å². The summed E-state index contributed by atoms with van der Waals surface area (Å²) in [6, 6.07) is 6.54. The van der Waals surface area contributed by atoms with E-state index in [1.807, 2.05) is 18.2 Å². The second-order valence-electron chi connectivity index (χ2n) is 5.61. The first-order valence-electron chi connectivity index (χ1n) is 7.04. The molecule has 1 aromatic rings. The Labute approximate surface area is 119 Å². The van der Waals surface area contributed by atoms with Crippen LogP contribution in [0.25, 0.3) is 0 Å². The number of hydrogen-bond acceptors (Lipinski definition) is 3. The number of hydrogen-bond donors (Lipinski definition) is 1. The third-order valence-electron chi connectivity index (χ3n) is 4.31. The molecule has 104 valence electrons. The molecule has 0 amide bonds. The second-order valence-corrected chi connectivity index (χ2v) is 6.05. The van der Waals surface area contributed by atoms with E-state index < -0.39 is 0 Å². The van der Waals surface area contributed by atoms with E-state index in [0.29, 0.717) is 6.04 Å². The summed E-state index contributed by atoms with van der Waals surface area (Å²) in [4.78, 5) is 2.52. The van der Waals surface area contributed by atoms with Crippen LogP contribution in [0.1, 0.15) is 18.4 Å². The molecule has 2 atom stereocenters. The number of halogens is 1. The molecule has 2 aliphatic rings. The molecule has 1 N–H and O–H groups in total. The van der Waals surface area contributed by atoms with Gasteiger partial charge in [0.05, 0.1) is 7.11 Å². The maximum atomic E-state index is 6.09. The van der Waals surface area contributed by atoms with E-state index in [1.165, 1.54) is 31.5 Å². The maximum absolute atomic E-state index is 6.09. The summed E-state index contributed by atoms with van der Waals surface area (Å²) < 4.78 is 5.43. The van der Waals surface area contributed by atoms with Crippen LogP contribution in [0.15, 0.2) is 18.2 Å². The monoisotopic (exact) mass is 280 g/mol. The molecule has 4 heteroatoms. The molecule has 0 aliphatic carbocycles. The van der Waals surface area contributed by atoms with Crippen molar-refractivity contribution < 1.29 is 4.74 Å². The van der Waals surface area contributed by atoms with E-state index in [4.69, 9.17) is 16.3 Å². The van der Waals surface area contributed by atoms with Gasteiger partial charge in [0.15, 0.2) is 0 Å². The van der Waals surface area contributed by atoms with Crippen molar-refractivity contribution in [3.8, 4) is 5.75 Å². The minimum absolute atomic E-state index is 0.680. The Hall–Kier alpha value is -0.770. The number of methoxy groups -OCH3 is 1. The third kappa shape index (κ3) is 2.88. The highest BCUT2D eigenvalue weighted by Gasteiger charge is 2.34. The van der Waals surface area contributed by atoms with Crippen LogP contribution in [-0.2, 0) is 6.54 Å². The van der Waals surface area contributed by atoms with Gasteiger partial charge >= 0.3 is 0 Å². The number of ether oxygens (including phenoxy) is 1. The Kier molecular flexibility index (Phi) is 3.96. The third-order valence-corrected chi connectivity index (χ3v) is 4.55. The zero-order valence-electron chi connectivity index (χ0n) is 11.4. The molecule has 0 aromatic heterocycles. The van der Waals surface area contributed by atoms with E-state index >= 15 is 0 Å². The fourth-order valence-electron chi connectivity index (χ4n) is 3.38. The quantitative estimate of drug-likeness (QED) is 0.921. The van der Waals surface area contributed by atoms with Gasteiger partial charge in [0, 0.05) is 36.3 Å². The molecule has 3 nitrogen and oxygen atoms in total. The number of fused-ring (bicyclic) bond motifs is 1. The van der Waals surface area contributed by atoms with Gasteiger partial charge in [-0.2, -0.15) is 0 Å². The largest absolute Gasteiger partial charge is 0.496 e. The lowest BCUT2D eigenvalue weighted by Crippen LogP contribution is -2.40. The molecule has 0 saturated carbocycles. The number of likely N-dealkylation sites (tertiary alicyclic amines) is 1. The van der Waals surface area contributed by atoms with E-state index in [2.05, 4.69) is 10.2 Å². The van der Waals surface area contributed by atoms with Crippen molar-refractivity contribution in [1.29, 1.82) is 0 Å². The van der Waals surface area contributed by atoms with E-state index in [-0.39, 0.29) is 0 Å². The highest BCUT2D eigenvalue weighted by molar-refractivity contribution is 6.30. The van der Waals surface area contributed by atoms with E-state index in [1.54, 1.807) is 7.11 Å². The highest BCUT2D eigenvalue weighted by atomic mass is 35.5. The summed E-state index contributed by atoms with van der Waals surface area (Å²) in [6.45, 7) is 4.43. The lowest BCUT2D eigenvalue weighted by molar-refractivity contribution is 0.305. The molecule has 2 saturated heterocycles. The van der Waals surface area contributed by atoms with Crippen LogP contribution >= 0.6 is 11.6 Å². The van der Waals surface area contributed by atoms with E-state index in [0.717, 1.165) is 29.8 Å². The van der Waals surface area contributed by atoms with Crippen molar-refractivity contribution in [3.05, 3.63) is 28.8 Å². The maximum Gasteiger partial charge on any atom is 0.123 e. The minimum Gasteiger partial charge on any atom is -0.496 e. The zero-order chi connectivity index (χ0) is 13.2. The molecular formula is C15H21ClN2O.